The average Bonchev–Trinajstić information content (AvgIpc) is 3.46. The Kier molecular flexibility index (Phi) is 6.69. The first kappa shape index (κ1) is 22.7. The van der Waals surface area contributed by atoms with Gasteiger partial charge in [0.05, 0.1) is 19.1 Å². The minimum Gasteiger partial charge on any atom is -0.487 e. The van der Waals surface area contributed by atoms with E-state index < -0.39 is 6.10 Å². The number of carbonyl (C=O) groups is 2. The zero-order valence-corrected chi connectivity index (χ0v) is 19.0. The quantitative estimate of drug-likeness (QED) is 0.519. The molecule has 3 amide bonds. The second-order valence-corrected chi connectivity index (χ2v) is 9.35. The van der Waals surface area contributed by atoms with Crippen molar-refractivity contribution in [1.82, 2.24) is 5.32 Å². The number of aliphatic hydroxyl groups is 1. The van der Waals surface area contributed by atoms with Crippen molar-refractivity contribution < 1.29 is 24.2 Å². The second-order valence-electron chi connectivity index (χ2n) is 9.35. The molecule has 3 aliphatic rings. The number of fused-ring (bicyclic) bond motifs is 3. The lowest BCUT2D eigenvalue weighted by Gasteiger charge is -2.37. The van der Waals surface area contributed by atoms with Gasteiger partial charge in [0.15, 0.2) is 0 Å². The van der Waals surface area contributed by atoms with Gasteiger partial charge in [0, 0.05) is 28.9 Å². The molecule has 0 aromatic heterocycles. The van der Waals surface area contributed by atoms with E-state index >= 15 is 0 Å². The Labute approximate surface area is 199 Å². The van der Waals surface area contributed by atoms with Gasteiger partial charge in [-0.05, 0) is 49.6 Å². The van der Waals surface area contributed by atoms with Crippen molar-refractivity contribution in [3.63, 3.8) is 0 Å². The van der Waals surface area contributed by atoms with Crippen LogP contribution in [0, 0.1) is 0 Å². The van der Waals surface area contributed by atoms with Crippen LogP contribution >= 0.6 is 0 Å². The molecule has 0 unspecified atom stereocenters. The highest BCUT2D eigenvalue weighted by Gasteiger charge is 2.46. The summed E-state index contributed by atoms with van der Waals surface area (Å²) >= 11 is 0. The number of anilines is 2. The highest BCUT2D eigenvalue weighted by atomic mass is 16.6. The van der Waals surface area contributed by atoms with Crippen LogP contribution < -0.4 is 20.7 Å². The van der Waals surface area contributed by atoms with Gasteiger partial charge in [-0.2, -0.15) is 0 Å². The molecule has 0 radical (unpaired) electrons. The summed E-state index contributed by atoms with van der Waals surface area (Å²) in [5.41, 5.74) is 2.32. The largest absolute Gasteiger partial charge is 0.487 e. The molecule has 4 N–H and O–H groups in total. The van der Waals surface area contributed by atoms with E-state index in [1.165, 1.54) is 0 Å². The monoisotopic (exact) mass is 465 g/mol. The maximum Gasteiger partial charge on any atom is 0.323 e. The first-order valence-electron chi connectivity index (χ1n) is 12.1. The van der Waals surface area contributed by atoms with Crippen LogP contribution in [0.15, 0.2) is 48.5 Å². The fraction of sp³-hybridized carbons (Fsp3) is 0.462. The predicted octanol–water partition coefficient (Wildman–Crippen LogP) is 3.77. The lowest BCUT2D eigenvalue weighted by Crippen LogP contribution is -2.47. The minimum absolute atomic E-state index is 0.000760. The van der Waals surface area contributed by atoms with E-state index in [9.17, 15) is 14.7 Å². The highest BCUT2D eigenvalue weighted by molar-refractivity contribution is 5.99. The van der Waals surface area contributed by atoms with Gasteiger partial charge < -0.3 is 30.5 Å². The molecule has 1 aliphatic carbocycles. The molecule has 8 nitrogen and oxygen atoms in total. The number of nitrogens with one attached hydrogen (secondary N) is 3. The molecule has 2 aliphatic heterocycles. The SMILES string of the molecule is O=C(C[C@H]1C[C@H]2c3cc(NC(=O)Nc4ccccc4)ccc3O[C@H]2[C@@H](CO)O1)NC1CCCC1. The zero-order chi connectivity index (χ0) is 23.5. The van der Waals surface area contributed by atoms with Crippen LogP contribution in [0.5, 0.6) is 5.75 Å². The first-order chi connectivity index (χ1) is 16.6. The number of hydrogen-bond donors (Lipinski definition) is 4. The molecule has 0 spiro atoms. The van der Waals surface area contributed by atoms with Crippen molar-refractivity contribution in [3.05, 3.63) is 54.1 Å². The summed E-state index contributed by atoms with van der Waals surface area (Å²) in [5.74, 6) is 0.699. The summed E-state index contributed by atoms with van der Waals surface area (Å²) in [6.45, 7) is -0.180. The van der Waals surface area contributed by atoms with Crippen LogP contribution in [-0.2, 0) is 9.53 Å². The second kappa shape index (κ2) is 10.0. The van der Waals surface area contributed by atoms with Crippen LogP contribution in [0.3, 0.4) is 0 Å². The minimum atomic E-state index is -0.506. The van der Waals surface area contributed by atoms with Gasteiger partial charge in [0.2, 0.25) is 5.91 Å². The van der Waals surface area contributed by atoms with Crippen LogP contribution in [0.2, 0.25) is 0 Å². The highest BCUT2D eigenvalue weighted by Crippen LogP contribution is 2.47. The molecule has 1 saturated heterocycles. The third-order valence-electron chi connectivity index (χ3n) is 6.92. The summed E-state index contributed by atoms with van der Waals surface area (Å²) in [6, 6.07) is 14.7. The Morgan fingerprint density at radius 3 is 2.53 bits per heavy atom. The fourth-order valence-corrected chi connectivity index (χ4v) is 5.35. The van der Waals surface area contributed by atoms with E-state index in [1.54, 1.807) is 6.07 Å². The Hall–Kier alpha value is -3.10. The maximum atomic E-state index is 12.6. The van der Waals surface area contributed by atoms with Gasteiger partial charge in [-0.1, -0.05) is 31.0 Å². The molecule has 180 valence electrons. The molecule has 5 rings (SSSR count). The Morgan fingerprint density at radius 2 is 1.76 bits per heavy atom. The van der Waals surface area contributed by atoms with Crippen molar-refractivity contribution in [2.75, 3.05) is 17.2 Å². The summed E-state index contributed by atoms with van der Waals surface area (Å²) < 4.78 is 12.2. The Balaban J connectivity index is 1.26. The van der Waals surface area contributed by atoms with Crippen LogP contribution in [0.1, 0.15) is 50.0 Å². The van der Waals surface area contributed by atoms with E-state index in [-0.39, 0.29) is 49.1 Å². The van der Waals surface area contributed by atoms with Crippen molar-refractivity contribution in [1.29, 1.82) is 0 Å². The number of rotatable bonds is 6. The van der Waals surface area contributed by atoms with Crippen LogP contribution in [0.4, 0.5) is 16.2 Å². The standard InChI is InChI=1S/C26H31N3O5/c30-15-23-25-21(13-19(33-23)14-24(31)27-16-8-4-5-9-16)20-12-18(10-11-22(20)34-25)29-26(32)28-17-6-2-1-3-7-17/h1-3,6-7,10-12,16,19,21,23,25,30H,4-5,8-9,13-15H2,(H,27,31)(H2,28,29,32)/t19-,21+,23-,25-/m1/s1. The number of carbonyl (C=O) groups excluding carboxylic acids is 2. The molecular formula is C26H31N3O5. The molecule has 8 heteroatoms. The molecule has 2 aromatic rings. The number of benzene rings is 2. The third kappa shape index (κ3) is 5.03. The molecule has 2 heterocycles. The van der Waals surface area contributed by atoms with Gasteiger partial charge in [0.1, 0.15) is 18.0 Å². The first-order valence-corrected chi connectivity index (χ1v) is 12.1. The average molecular weight is 466 g/mol. The maximum absolute atomic E-state index is 12.6. The predicted molar refractivity (Wildman–Crippen MR) is 128 cm³/mol. The Morgan fingerprint density at radius 1 is 1.00 bits per heavy atom. The van der Waals surface area contributed by atoms with Gasteiger partial charge in [0.25, 0.3) is 0 Å². The molecule has 4 atom stereocenters. The van der Waals surface area contributed by atoms with E-state index in [0.717, 1.165) is 37.0 Å². The smallest absolute Gasteiger partial charge is 0.323 e. The molecule has 34 heavy (non-hydrogen) atoms. The summed E-state index contributed by atoms with van der Waals surface area (Å²) in [5, 5.41) is 18.7. The van der Waals surface area contributed by atoms with Crippen LogP contribution in [-0.4, -0.2) is 48.0 Å². The van der Waals surface area contributed by atoms with Crippen molar-refractivity contribution >= 4 is 23.3 Å². The number of aliphatic hydroxyl groups excluding tert-OH is 1. The van der Waals surface area contributed by atoms with Gasteiger partial charge in [-0.25, -0.2) is 4.79 Å². The number of hydrogen-bond acceptors (Lipinski definition) is 5. The molecule has 2 aromatic carbocycles. The van der Waals surface area contributed by atoms with Gasteiger partial charge in [-0.15, -0.1) is 0 Å². The van der Waals surface area contributed by atoms with Crippen LogP contribution in [0.25, 0.3) is 0 Å². The van der Waals surface area contributed by atoms with Crippen molar-refractivity contribution in [2.45, 2.75) is 68.8 Å². The van der Waals surface area contributed by atoms with Gasteiger partial charge in [-0.3, -0.25) is 4.79 Å². The topological polar surface area (TPSA) is 109 Å². The molecule has 1 saturated carbocycles. The summed E-state index contributed by atoms with van der Waals surface area (Å²) in [6.07, 6.45) is 4.16. The van der Waals surface area contributed by atoms with E-state index in [0.29, 0.717) is 17.8 Å². The lowest BCUT2D eigenvalue weighted by molar-refractivity contribution is -0.142. The fourth-order valence-electron chi connectivity index (χ4n) is 5.35. The number of ether oxygens (including phenoxy) is 2. The van der Waals surface area contributed by atoms with E-state index in [4.69, 9.17) is 9.47 Å². The van der Waals surface area contributed by atoms with E-state index in [1.807, 2.05) is 42.5 Å². The van der Waals surface area contributed by atoms with E-state index in [2.05, 4.69) is 16.0 Å². The van der Waals surface area contributed by atoms with Crippen molar-refractivity contribution in [3.8, 4) is 5.75 Å². The lowest BCUT2D eigenvalue weighted by atomic mass is 9.84. The molecule has 2 fully saturated rings. The number of amides is 3. The zero-order valence-electron chi connectivity index (χ0n) is 19.0. The third-order valence-corrected chi connectivity index (χ3v) is 6.92. The Bertz CT molecular complexity index is 1020. The van der Waals surface area contributed by atoms with Gasteiger partial charge >= 0.3 is 6.03 Å². The summed E-state index contributed by atoms with van der Waals surface area (Å²) in [7, 11) is 0. The normalized spacial score (nSPS) is 25.7. The number of para-hydroxylation sites is 1. The van der Waals surface area contributed by atoms with Crippen molar-refractivity contribution in [2.24, 2.45) is 0 Å². The molecular weight excluding hydrogens is 434 g/mol. The number of urea groups is 1. The summed E-state index contributed by atoms with van der Waals surface area (Å²) in [4.78, 5) is 25.0. The molecule has 0 bridgehead atoms.